The summed E-state index contributed by atoms with van der Waals surface area (Å²) in [5, 5.41) is 23.4. The highest BCUT2D eigenvalue weighted by molar-refractivity contribution is 5.84. The lowest BCUT2D eigenvalue weighted by Gasteiger charge is -2.30. The second-order valence-corrected chi connectivity index (χ2v) is 7.47. The van der Waals surface area contributed by atoms with Gasteiger partial charge in [0.1, 0.15) is 11.5 Å². The summed E-state index contributed by atoms with van der Waals surface area (Å²) in [7, 11) is 0. The van der Waals surface area contributed by atoms with Gasteiger partial charge < -0.3 is 20.0 Å². The molecule has 154 valence electrons. The van der Waals surface area contributed by atoms with Crippen molar-refractivity contribution in [1.82, 2.24) is 15.0 Å². The summed E-state index contributed by atoms with van der Waals surface area (Å²) in [5.74, 6) is 1.71. The number of benzene rings is 1. The average molecular weight is 397 g/mol. The zero-order valence-corrected chi connectivity index (χ0v) is 16.5. The van der Waals surface area contributed by atoms with Crippen LogP contribution in [0.2, 0.25) is 0 Å². The quantitative estimate of drug-likeness (QED) is 0.522. The van der Waals surface area contributed by atoms with Crippen LogP contribution in [0.1, 0.15) is 44.1 Å². The maximum Gasteiger partial charge on any atom is 0.250 e. The molecular weight excluding hydrogens is 370 g/mol. The van der Waals surface area contributed by atoms with E-state index < -0.39 is 0 Å². The Morgan fingerprint density at radius 1 is 0.828 bits per heavy atom. The highest BCUT2D eigenvalue weighted by Crippen LogP contribution is 2.23. The first-order chi connectivity index (χ1) is 14.2. The van der Waals surface area contributed by atoms with Crippen LogP contribution >= 0.6 is 0 Å². The Balaban J connectivity index is 1.56. The molecule has 4 rings (SSSR count). The molecule has 9 nitrogen and oxygen atoms in total. The van der Waals surface area contributed by atoms with Crippen molar-refractivity contribution in [1.29, 1.82) is 0 Å². The van der Waals surface area contributed by atoms with Crippen molar-refractivity contribution in [2.75, 3.05) is 41.4 Å². The molecule has 2 saturated heterocycles. The maximum atomic E-state index is 9.88. The summed E-state index contributed by atoms with van der Waals surface area (Å²) in [6.07, 6.45) is 8.53. The fourth-order valence-electron chi connectivity index (χ4n) is 3.68. The number of hydrogen-bond donors (Lipinski definition) is 3. The molecule has 0 spiro atoms. The Kier molecular flexibility index (Phi) is 5.92. The molecule has 3 heterocycles. The molecule has 3 N–H and O–H groups in total. The molecule has 0 atom stereocenters. The van der Waals surface area contributed by atoms with E-state index in [9.17, 15) is 10.2 Å². The summed E-state index contributed by atoms with van der Waals surface area (Å²) in [6.45, 7) is 3.81. The molecule has 0 aliphatic carbocycles. The van der Waals surface area contributed by atoms with Crippen LogP contribution in [0.4, 0.5) is 17.8 Å². The number of rotatable bonds is 5. The number of aromatic nitrogens is 3. The molecule has 2 aliphatic rings. The van der Waals surface area contributed by atoms with Gasteiger partial charge in [0.05, 0.1) is 6.21 Å². The number of aromatic hydroxyl groups is 2. The van der Waals surface area contributed by atoms with Gasteiger partial charge in [0.15, 0.2) is 0 Å². The van der Waals surface area contributed by atoms with E-state index in [4.69, 9.17) is 4.98 Å². The molecule has 0 unspecified atom stereocenters. The van der Waals surface area contributed by atoms with Crippen LogP contribution in [0.3, 0.4) is 0 Å². The normalized spacial score (nSPS) is 17.7. The Hall–Kier alpha value is -3.10. The lowest BCUT2D eigenvalue weighted by molar-refractivity contribution is 0.450. The third kappa shape index (κ3) is 4.85. The smallest absolute Gasteiger partial charge is 0.250 e. The van der Waals surface area contributed by atoms with E-state index in [0.717, 1.165) is 51.9 Å². The lowest BCUT2D eigenvalue weighted by Crippen LogP contribution is -2.34. The van der Waals surface area contributed by atoms with Gasteiger partial charge in [-0.1, -0.05) is 0 Å². The van der Waals surface area contributed by atoms with Crippen LogP contribution in [0.25, 0.3) is 0 Å². The minimum absolute atomic E-state index is 0.00224. The zero-order valence-electron chi connectivity index (χ0n) is 16.5. The third-order valence-electron chi connectivity index (χ3n) is 5.27. The van der Waals surface area contributed by atoms with Crippen LogP contribution in [0, 0.1) is 0 Å². The first-order valence-electron chi connectivity index (χ1n) is 10.3. The molecule has 0 radical (unpaired) electrons. The molecule has 29 heavy (non-hydrogen) atoms. The van der Waals surface area contributed by atoms with E-state index in [1.54, 1.807) is 6.07 Å². The monoisotopic (exact) mass is 397 g/mol. The topological polar surface area (TPSA) is 110 Å². The SMILES string of the molecule is Oc1ccc(/C=N/Nc2nc(N3CCCCC3)nc(N3CCCCC3)n2)c(O)c1. The fraction of sp³-hybridized carbons (Fsp3) is 0.500. The van der Waals surface area contributed by atoms with E-state index in [1.807, 2.05) is 0 Å². The van der Waals surface area contributed by atoms with Crippen LogP contribution < -0.4 is 15.2 Å². The van der Waals surface area contributed by atoms with Gasteiger partial charge in [0, 0.05) is 37.8 Å². The zero-order chi connectivity index (χ0) is 20.1. The Morgan fingerprint density at radius 3 is 1.97 bits per heavy atom. The van der Waals surface area contributed by atoms with Crippen LogP contribution in [-0.2, 0) is 0 Å². The molecule has 0 bridgehead atoms. The van der Waals surface area contributed by atoms with Crippen LogP contribution in [0.15, 0.2) is 23.3 Å². The lowest BCUT2D eigenvalue weighted by atomic mass is 10.1. The van der Waals surface area contributed by atoms with Crippen molar-refractivity contribution in [3.05, 3.63) is 23.8 Å². The number of nitrogens with zero attached hydrogens (tertiary/aromatic N) is 6. The van der Waals surface area contributed by atoms with E-state index in [1.165, 1.54) is 31.2 Å². The first kappa shape index (κ1) is 19.2. The molecular formula is C20H27N7O2. The molecule has 1 aromatic carbocycles. The predicted molar refractivity (Wildman–Crippen MR) is 113 cm³/mol. The van der Waals surface area contributed by atoms with Crippen LogP contribution in [0.5, 0.6) is 11.5 Å². The van der Waals surface area contributed by atoms with E-state index >= 15 is 0 Å². The molecule has 2 aliphatic heterocycles. The number of phenolic OH excluding ortho intramolecular Hbond substituents is 2. The van der Waals surface area contributed by atoms with Crippen molar-refractivity contribution < 1.29 is 10.2 Å². The van der Waals surface area contributed by atoms with Gasteiger partial charge >= 0.3 is 0 Å². The Labute approximate surface area is 170 Å². The molecule has 2 fully saturated rings. The summed E-state index contributed by atoms with van der Waals surface area (Å²) in [6, 6.07) is 4.35. The highest BCUT2D eigenvalue weighted by Gasteiger charge is 2.20. The molecule has 1 aromatic heterocycles. The number of hydrogen-bond acceptors (Lipinski definition) is 9. The number of piperidine rings is 2. The van der Waals surface area contributed by atoms with Gasteiger partial charge in [-0.25, -0.2) is 5.43 Å². The predicted octanol–water partition coefficient (Wildman–Crippen LogP) is 2.71. The van der Waals surface area contributed by atoms with E-state index in [2.05, 4.69) is 30.3 Å². The Morgan fingerprint density at radius 2 is 1.41 bits per heavy atom. The highest BCUT2D eigenvalue weighted by atomic mass is 16.3. The number of phenols is 2. The Bertz CT molecular complexity index is 826. The third-order valence-corrected chi connectivity index (χ3v) is 5.27. The number of hydrazone groups is 1. The maximum absolute atomic E-state index is 9.88. The van der Waals surface area contributed by atoms with Crippen molar-refractivity contribution >= 4 is 24.1 Å². The van der Waals surface area contributed by atoms with Gasteiger partial charge in [0.2, 0.25) is 17.8 Å². The summed E-state index contributed by atoms with van der Waals surface area (Å²) in [5.41, 5.74) is 3.36. The number of anilines is 3. The molecule has 0 amide bonds. The van der Waals surface area contributed by atoms with Gasteiger partial charge in [0.25, 0.3) is 0 Å². The van der Waals surface area contributed by atoms with E-state index in [-0.39, 0.29) is 11.5 Å². The second kappa shape index (κ2) is 8.93. The van der Waals surface area contributed by atoms with Crippen molar-refractivity contribution in [2.45, 2.75) is 38.5 Å². The fourth-order valence-corrected chi connectivity index (χ4v) is 3.68. The second-order valence-electron chi connectivity index (χ2n) is 7.47. The standard InChI is InChI=1S/C20H27N7O2/c28-16-8-7-15(17(29)13-16)14-21-25-18-22-19(26-9-3-1-4-10-26)24-20(23-18)27-11-5-2-6-12-27/h7-8,13-14,28-29H,1-6,9-12H2,(H,22,23,24,25)/b21-14+. The van der Waals surface area contributed by atoms with Gasteiger partial charge in [-0.05, 0) is 50.7 Å². The molecule has 9 heteroatoms. The minimum Gasteiger partial charge on any atom is -0.508 e. The molecule has 0 saturated carbocycles. The first-order valence-corrected chi connectivity index (χ1v) is 10.3. The summed E-state index contributed by atoms with van der Waals surface area (Å²) in [4.78, 5) is 18.3. The largest absolute Gasteiger partial charge is 0.508 e. The van der Waals surface area contributed by atoms with Gasteiger partial charge in [-0.15, -0.1) is 0 Å². The average Bonchev–Trinajstić information content (AvgIpc) is 2.76. The molecule has 2 aromatic rings. The minimum atomic E-state index is -0.0470. The summed E-state index contributed by atoms with van der Waals surface area (Å²) >= 11 is 0. The van der Waals surface area contributed by atoms with Gasteiger partial charge in [-0.3, -0.25) is 0 Å². The van der Waals surface area contributed by atoms with Crippen molar-refractivity contribution in [2.24, 2.45) is 5.10 Å². The van der Waals surface area contributed by atoms with Gasteiger partial charge in [-0.2, -0.15) is 20.1 Å². The van der Waals surface area contributed by atoms with E-state index in [0.29, 0.717) is 23.4 Å². The summed E-state index contributed by atoms with van der Waals surface area (Å²) < 4.78 is 0. The number of nitrogens with one attached hydrogen (secondary N) is 1. The van der Waals surface area contributed by atoms with Crippen molar-refractivity contribution in [3.63, 3.8) is 0 Å². The van der Waals surface area contributed by atoms with Crippen LogP contribution in [-0.4, -0.2) is 57.6 Å². The van der Waals surface area contributed by atoms with Crippen molar-refractivity contribution in [3.8, 4) is 11.5 Å².